The van der Waals surface area contributed by atoms with E-state index >= 15 is 0 Å². The topological polar surface area (TPSA) is 34.9 Å². The van der Waals surface area contributed by atoms with E-state index in [1.807, 2.05) is 0 Å². The maximum atomic E-state index is 11.8. The van der Waals surface area contributed by atoms with Crippen molar-refractivity contribution in [1.82, 2.24) is 10.0 Å². The largest absolute Gasteiger partial charge is 0.298 e. The molecule has 4 heteroatoms. The molecule has 0 spiro atoms. The van der Waals surface area contributed by atoms with Gasteiger partial charge in [-0.1, -0.05) is 4.48 Å². The molecule has 0 amide bonds. The molecule has 0 radical (unpaired) electrons. The summed E-state index contributed by atoms with van der Waals surface area (Å²) in [5.41, 5.74) is 0.243. The second kappa shape index (κ2) is 1.73. The van der Waals surface area contributed by atoms with Gasteiger partial charge in [-0.3, -0.25) is 4.79 Å². The summed E-state index contributed by atoms with van der Waals surface area (Å²) >= 11 is 0. The normalized spacial score (nSPS) is 9.12. The molecule has 0 N–H and O–H groups in total. The summed E-state index contributed by atoms with van der Waals surface area (Å²) in [4.78, 5) is 9.89. The van der Waals surface area contributed by atoms with E-state index in [0.717, 1.165) is 12.4 Å². The Balaban J connectivity index is 3.00. The first-order valence-electron chi connectivity index (χ1n) is 1.99. The number of hydrogen-bond acceptors (Lipinski definition) is 2. The van der Waals surface area contributed by atoms with Gasteiger partial charge >= 0.3 is 0 Å². The van der Waals surface area contributed by atoms with E-state index < -0.39 is 0 Å². The predicted molar refractivity (Wildman–Crippen MR) is 24.1 cm³/mol. The zero-order valence-corrected chi connectivity index (χ0v) is 3.91. The molecule has 42 valence electrons. The third kappa shape index (κ3) is 0.726. The fourth-order valence-electron chi connectivity index (χ4n) is 0.372. The molecular weight excluding hydrogens is 111 g/mol. The zero-order valence-electron chi connectivity index (χ0n) is 3.91. The number of carbonyl (C=O) groups excluding carboxylic acids is 1. The molecule has 1 aromatic heterocycles. The lowest BCUT2D eigenvalue weighted by Crippen LogP contribution is -1.76. The Kier molecular flexibility index (Phi) is 1.07. The molecule has 1 heterocycles. The average Bonchev–Trinajstić information content (AvgIpc) is 2.14. The Morgan fingerprint density at radius 1 is 1.88 bits per heavy atom. The maximum absolute atomic E-state index is 11.8. The average molecular weight is 114 g/mol. The Morgan fingerprint density at radius 3 is 2.88 bits per heavy atom. The van der Waals surface area contributed by atoms with Crippen LogP contribution in [0.25, 0.3) is 0 Å². The number of hydrogen-bond donors (Lipinski definition) is 0. The van der Waals surface area contributed by atoms with Crippen LogP contribution in [0.3, 0.4) is 0 Å². The first-order valence-corrected chi connectivity index (χ1v) is 1.99. The van der Waals surface area contributed by atoms with Crippen molar-refractivity contribution in [2.45, 2.75) is 0 Å². The van der Waals surface area contributed by atoms with Crippen molar-refractivity contribution in [3.05, 3.63) is 18.0 Å². The number of halogens is 1. The van der Waals surface area contributed by atoms with Gasteiger partial charge in [0.25, 0.3) is 0 Å². The lowest BCUT2D eigenvalue weighted by molar-refractivity contribution is 0.112. The molecule has 0 aliphatic carbocycles. The summed E-state index contributed by atoms with van der Waals surface area (Å²) in [6, 6.07) is 0. The molecule has 0 unspecified atom stereocenters. The minimum absolute atomic E-state index is 0.0870. The number of nitrogens with zero attached hydrogens (tertiary/aromatic N) is 2. The van der Waals surface area contributed by atoms with Gasteiger partial charge in [-0.25, -0.2) is 0 Å². The highest BCUT2D eigenvalue weighted by Gasteiger charge is 1.91. The minimum atomic E-state index is 0.0870. The molecular formula is C4H3FN2O. The van der Waals surface area contributed by atoms with Gasteiger partial charge in [-0.05, 0) is 0 Å². The van der Waals surface area contributed by atoms with E-state index in [0.29, 0.717) is 6.29 Å². The fourth-order valence-corrected chi connectivity index (χ4v) is 0.372. The first-order chi connectivity index (χ1) is 3.83. The van der Waals surface area contributed by atoms with Gasteiger partial charge in [0.05, 0.1) is 18.0 Å². The van der Waals surface area contributed by atoms with Crippen LogP contribution in [-0.4, -0.2) is 16.3 Å². The Labute approximate surface area is 44.7 Å². The van der Waals surface area contributed by atoms with Gasteiger partial charge in [0.15, 0.2) is 6.29 Å². The van der Waals surface area contributed by atoms with Crippen LogP contribution in [-0.2, 0) is 0 Å². The highest BCUT2D eigenvalue weighted by Crippen LogP contribution is 1.90. The van der Waals surface area contributed by atoms with Crippen LogP contribution in [0.4, 0.5) is 4.48 Å². The summed E-state index contributed by atoms with van der Waals surface area (Å²) < 4.78 is 11.8. The molecule has 0 fully saturated rings. The number of rotatable bonds is 1. The van der Waals surface area contributed by atoms with Crippen molar-refractivity contribution in [2.24, 2.45) is 0 Å². The van der Waals surface area contributed by atoms with Crippen LogP contribution in [0.1, 0.15) is 10.4 Å². The summed E-state index contributed by atoms with van der Waals surface area (Å²) in [7, 11) is 0. The molecule has 0 saturated heterocycles. The van der Waals surface area contributed by atoms with E-state index in [9.17, 15) is 9.28 Å². The SMILES string of the molecule is O=Cc1cnn(F)c1. The zero-order chi connectivity index (χ0) is 5.98. The monoisotopic (exact) mass is 114 g/mol. The fraction of sp³-hybridized carbons (Fsp3) is 0. The summed E-state index contributed by atoms with van der Waals surface area (Å²) in [6.07, 6.45) is 2.67. The van der Waals surface area contributed by atoms with Crippen molar-refractivity contribution >= 4 is 6.29 Å². The van der Waals surface area contributed by atoms with Crippen LogP contribution >= 0.6 is 0 Å². The van der Waals surface area contributed by atoms with Crippen LogP contribution < -0.4 is 0 Å². The number of carbonyl (C=O) groups is 1. The van der Waals surface area contributed by atoms with Crippen LogP contribution in [0.5, 0.6) is 0 Å². The van der Waals surface area contributed by atoms with Crippen molar-refractivity contribution in [3.63, 3.8) is 0 Å². The van der Waals surface area contributed by atoms with Gasteiger partial charge in [0.2, 0.25) is 0 Å². The smallest absolute Gasteiger partial charge is 0.153 e. The number of aldehydes is 1. The third-order valence-corrected chi connectivity index (χ3v) is 0.709. The summed E-state index contributed by atoms with van der Waals surface area (Å²) in [5, 5.41) is 3.11. The predicted octanol–water partition coefficient (Wildman–Crippen LogP) is 0.428. The number of aromatic nitrogens is 2. The summed E-state index contributed by atoms with van der Waals surface area (Å²) in [6.45, 7) is 0. The highest BCUT2D eigenvalue weighted by molar-refractivity contribution is 5.73. The Hall–Kier alpha value is -1.19. The molecule has 0 aliphatic heterocycles. The van der Waals surface area contributed by atoms with Crippen molar-refractivity contribution in [2.75, 3.05) is 0 Å². The second-order valence-corrected chi connectivity index (χ2v) is 1.28. The van der Waals surface area contributed by atoms with Gasteiger partial charge in [-0.15, -0.1) is 4.90 Å². The molecule has 8 heavy (non-hydrogen) atoms. The van der Waals surface area contributed by atoms with Crippen molar-refractivity contribution in [3.8, 4) is 0 Å². The van der Waals surface area contributed by atoms with Gasteiger partial charge in [0.1, 0.15) is 0 Å². The molecule has 0 atom stereocenters. The quantitative estimate of drug-likeness (QED) is 0.496. The third-order valence-electron chi connectivity index (χ3n) is 0.709. The lowest BCUT2D eigenvalue weighted by Gasteiger charge is -1.71. The van der Waals surface area contributed by atoms with Crippen molar-refractivity contribution < 1.29 is 9.28 Å². The molecule has 0 aromatic carbocycles. The minimum Gasteiger partial charge on any atom is -0.298 e. The van der Waals surface area contributed by atoms with Gasteiger partial charge in [-0.2, -0.15) is 5.10 Å². The highest BCUT2D eigenvalue weighted by atomic mass is 19.2. The Bertz CT molecular complexity index is 196. The standard InChI is InChI=1S/C4H3FN2O/c5-7-2-4(3-8)1-6-7/h1-3H. The lowest BCUT2D eigenvalue weighted by atomic mass is 10.4. The summed E-state index contributed by atoms with van der Waals surface area (Å²) in [5.74, 6) is 0. The van der Waals surface area contributed by atoms with E-state index in [4.69, 9.17) is 0 Å². The van der Waals surface area contributed by atoms with E-state index in [1.54, 1.807) is 0 Å². The van der Waals surface area contributed by atoms with Gasteiger partial charge in [0, 0.05) is 0 Å². The van der Waals surface area contributed by atoms with E-state index in [2.05, 4.69) is 5.10 Å². The maximum Gasteiger partial charge on any atom is 0.153 e. The molecule has 1 aromatic rings. The van der Waals surface area contributed by atoms with Crippen LogP contribution in [0.2, 0.25) is 0 Å². The molecule has 0 saturated carbocycles. The molecule has 0 aliphatic rings. The Morgan fingerprint density at radius 2 is 2.62 bits per heavy atom. The molecule has 1 rings (SSSR count). The second-order valence-electron chi connectivity index (χ2n) is 1.28. The van der Waals surface area contributed by atoms with E-state index in [-0.39, 0.29) is 10.5 Å². The van der Waals surface area contributed by atoms with Crippen molar-refractivity contribution in [1.29, 1.82) is 0 Å². The van der Waals surface area contributed by atoms with Crippen LogP contribution in [0, 0.1) is 0 Å². The van der Waals surface area contributed by atoms with Gasteiger partial charge < -0.3 is 0 Å². The first kappa shape index (κ1) is 4.96. The van der Waals surface area contributed by atoms with E-state index in [1.165, 1.54) is 0 Å². The molecule has 3 nitrogen and oxygen atoms in total. The van der Waals surface area contributed by atoms with Crippen LogP contribution in [0.15, 0.2) is 12.4 Å². The molecule has 0 bridgehead atoms.